The summed E-state index contributed by atoms with van der Waals surface area (Å²) >= 11 is 0. The first kappa shape index (κ1) is 23.6. The number of benzene rings is 2. The monoisotopic (exact) mass is 492 g/mol. The van der Waals surface area contributed by atoms with Gasteiger partial charge in [-0.15, -0.1) is 0 Å². The normalized spacial score (nSPS) is 12.0. The zero-order chi connectivity index (χ0) is 25.0. The number of hydrogen-bond acceptors (Lipinski definition) is 7. The first-order chi connectivity index (χ1) is 16.8. The van der Waals surface area contributed by atoms with Gasteiger partial charge in [-0.1, -0.05) is 24.3 Å². The molecule has 0 spiro atoms. The average molecular weight is 493 g/mol. The van der Waals surface area contributed by atoms with Crippen molar-refractivity contribution in [3.05, 3.63) is 113 Å². The van der Waals surface area contributed by atoms with Crippen LogP contribution in [0.25, 0.3) is 0 Å². The van der Waals surface area contributed by atoms with Crippen LogP contribution in [0.5, 0.6) is 0 Å². The zero-order valence-corrected chi connectivity index (χ0v) is 19.3. The molecule has 0 aliphatic heterocycles. The third kappa shape index (κ3) is 5.04. The number of nitrogens with one attached hydrogen (secondary N) is 1. The van der Waals surface area contributed by atoms with E-state index in [4.69, 9.17) is 4.42 Å². The highest BCUT2D eigenvalue weighted by molar-refractivity contribution is 7.92. The van der Waals surface area contributed by atoms with Gasteiger partial charge in [-0.2, -0.15) is 0 Å². The summed E-state index contributed by atoms with van der Waals surface area (Å²) in [5.74, 6) is 0.335. The highest BCUT2D eigenvalue weighted by Gasteiger charge is 2.29. The van der Waals surface area contributed by atoms with Crippen LogP contribution in [-0.4, -0.2) is 24.2 Å². The first-order valence-electron chi connectivity index (χ1n) is 10.4. The number of rotatable bonds is 8. The average Bonchev–Trinajstić information content (AvgIpc) is 3.40. The predicted molar refractivity (Wildman–Crippen MR) is 129 cm³/mol. The molecule has 1 amide bonds. The number of nitrogens with zero attached hydrogens (tertiary/aromatic N) is 3. The van der Waals surface area contributed by atoms with Gasteiger partial charge in [0.1, 0.15) is 11.6 Å². The topological polar surface area (TPSA) is 136 Å². The van der Waals surface area contributed by atoms with E-state index < -0.39 is 26.9 Å². The summed E-state index contributed by atoms with van der Waals surface area (Å²) in [4.78, 5) is 29.6. The Balaban J connectivity index is 1.73. The Bertz CT molecular complexity index is 1460. The van der Waals surface area contributed by atoms with Gasteiger partial charge < -0.3 is 4.42 Å². The van der Waals surface area contributed by atoms with Crippen LogP contribution in [0, 0.1) is 10.1 Å². The van der Waals surface area contributed by atoms with Gasteiger partial charge in [0.05, 0.1) is 33.4 Å². The summed E-state index contributed by atoms with van der Waals surface area (Å²) < 4.78 is 33.9. The van der Waals surface area contributed by atoms with Crippen molar-refractivity contribution in [2.24, 2.45) is 0 Å². The summed E-state index contributed by atoms with van der Waals surface area (Å²) in [6.45, 7) is 1.77. The van der Waals surface area contributed by atoms with Crippen LogP contribution in [0.4, 0.5) is 17.2 Å². The second-order valence-corrected chi connectivity index (χ2v) is 9.14. The maximum absolute atomic E-state index is 13.8. The van der Waals surface area contributed by atoms with Crippen molar-refractivity contribution in [3.63, 3.8) is 0 Å². The van der Waals surface area contributed by atoms with Crippen LogP contribution in [0.2, 0.25) is 0 Å². The summed E-state index contributed by atoms with van der Waals surface area (Å²) in [6, 6.07) is 18.7. The van der Waals surface area contributed by atoms with Crippen molar-refractivity contribution in [3.8, 4) is 0 Å². The molecular formula is C24H20N4O6S. The molecule has 178 valence electrons. The summed E-state index contributed by atoms with van der Waals surface area (Å²) in [5.41, 5.74) is -0.298. The number of non-ortho nitro benzene ring substituents is 1. The van der Waals surface area contributed by atoms with Crippen LogP contribution >= 0.6 is 0 Å². The number of anilines is 2. The fourth-order valence-corrected chi connectivity index (χ4v) is 4.61. The molecule has 1 atom stereocenters. The lowest BCUT2D eigenvalue weighted by atomic mass is 10.1. The number of pyridine rings is 1. The van der Waals surface area contributed by atoms with Gasteiger partial charge in [0.2, 0.25) is 0 Å². The van der Waals surface area contributed by atoms with Gasteiger partial charge in [0.25, 0.3) is 21.6 Å². The van der Waals surface area contributed by atoms with E-state index in [0.717, 1.165) is 6.07 Å². The molecule has 2 aromatic heterocycles. The minimum atomic E-state index is -4.24. The van der Waals surface area contributed by atoms with Gasteiger partial charge >= 0.3 is 0 Å². The van der Waals surface area contributed by atoms with E-state index in [1.54, 1.807) is 55.6 Å². The Labute approximate surface area is 201 Å². The minimum absolute atomic E-state index is 0.0107. The summed E-state index contributed by atoms with van der Waals surface area (Å²) in [5, 5.41) is 11.1. The van der Waals surface area contributed by atoms with E-state index in [1.807, 2.05) is 0 Å². The van der Waals surface area contributed by atoms with Crippen molar-refractivity contribution in [2.75, 3.05) is 9.62 Å². The quantitative estimate of drug-likeness (QED) is 0.276. The number of nitro groups is 1. The number of furan rings is 1. The van der Waals surface area contributed by atoms with Gasteiger partial charge in [-0.25, -0.2) is 13.4 Å². The molecule has 11 heteroatoms. The molecular weight excluding hydrogens is 472 g/mol. The van der Waals surface area contributed by atoms with Gasteiger partial charge in [-0.05, 0) is 49.4 Å². The van der Waals surface area contributed by atoms with Crippen LogP contribution in [0.1, 0.15) is 29.1 Å². The van der Waals surface area contributed by atoms with E-state index in [9.17, 15) is 23.3 Å². The number of aromatic nitrogens is 1. The maximum Gasteiger partial charge on any atom is 0.270 e. The summed E-state index contributed by atoms with van der Waals surface area (Å²) in [6.07, 6.45) is 3.04. The standard InChI is InChI=1S/C24H20N4O6S/c1-17(22-12-7-15-34-22)27(23-13-4-5-14-25-23)24(29)20-10-2-3-11-21(20)26-35(32,33)19-9-6-8-18(16-19)28(30)31/h2-17,26H,1H3/t17-/m0/s1. The molecule has 2 heterocycles. The zero-order valence-electron chi connectivity index (χ0n) is 18.4. The molecule has 0 aliphatic rings. The number of nitro benzene ring substituents is 1. The molecule has 0 radical (unpaired) electrons. The predicted octanol–water partition coefficient (Wildman–Crippen LogP) is 4.79. The fraction of sp³-hybridized carbons (Fsp3) is 0.0833. The van der Waals surface area contributed by atoms with Crippen LogP contribution in [0.15, 0.2) is 101 Å². The third-order valence-corrected chi connectivity index (χ3v) is 6.56. The smallest absolute Gasteiger partial charge is 0.270 e. The number of carbonyl (C=O) groups is 1. The molecule has 1 N–H and O–H groups in total. The van der Waals surface area contributed by atoms with Crippen molar-refractivity contribution in [1.82, 2.24) is 4.98 Å². The molecule has 4 aromatic rings. The molecule has 0 aliphatic carbocycles. The van der Waals surface area contributed by atoms with E-state index in [0.29, 0.717) is 11.6 Å². The molecule has 0 unspecified atom stereocenters. The lowest BCUT2D eigenvalue weighted by Gasteiger charge is -2.28. The first-order valence-corrected chi connectivity index (χ1v) is 11.9. The molecule has 0 fully saturated rings. The number of hydrogen-bond donors (Lipinski definition) is 1. The second kappa shape index (κ2) is 9.77. The summed E-state index contributed by atoms with van der Waals surface area (Å²) in [7, 11) is -4.24. The van der Waals surface area contributed by atoms with Gasteiger partial charge in [0.15, 0.2) is 0 Å². The van der Waals surface area contributed by atoms with E-state index >= 15 is 0 Å². The Hall–Kier alpha value is -4.51. The van der Waals surface area contributed by atoms with Crippen molar-refractivity contribution >= 4 is 33.1 Å². The highest BCUT2D eigenvalue weighted by Crippen LogP contribution is 2.30. The SMILES string of the molecule is C[C@@H](c1ccco1)N(C(=O)c1ccccc1NS(=O)(=O)c1cccc([N+](=O)[O-])c1)c1ccccn1. The minimum Gasteiger partial charge on any atom is -0.467 e. The van der Waals surface area contributed by atoms with Gasteiger partial charge in [0, 0.05) is 18.3 Å². The molecule has 4 rings (SSSR count). The number of sulfonamides is 1. The Morgan fingerprint density at radius 2 is 1.83 bits per heavy atom. The maximum atomic E-state index is 13.8. The molecule has 0 saturated heterocycles. The van der Waals surface area contributed by atoms with E-state index in [2.05, 4.69) is 9.71 Å². The Kier molecular flexibility index (Phi) is 6.60. The Morgan fingerprint density at radius 3 is 2.51 bits per heavy atom. The van der Waals surface area contributed by atoms with Crippen LogP contribution in [0.3, 0.4) is 0 Å². The molecule has 2 aromatic carbocycles. The number of carbonyl (C=O) groups excluding carboxylic acids is 1. The van der Waals surface area contributed by atoms with Crippen LogP contribution < -0.4 is 9.62 Å². The molecule has 0 bridgehead atoms. The van der Waals surface area contributed by atoms with E-state index in [1.165, 1.54) is 41.5 Å². The molecule has 35 heavy (non-hydrogen) atoms. The number of para-hydroxylation sites is 1. The third-order valence-electron chi connectivity index (χ3n) is 5.20. The van der Waals surface area contributed by atoms with Crippen molar-refractivity contribution in [2.45, 2.75) is 17.9 Å². The Morgan fingerprint density at radius 1 is 1.06 bits per heavy atom. The van der Waals surface area contributed by atoms with Crippen molar-refractivity contribution in [1.29, 1.82) is 0 Å². The second-order valence-electron chi connectivity index (χ2n) is 7.46. The lowest BCUT2D eigenvalue weighted by molar-refractivity contribution is -0.385. The van der Waals surface area contributed by atoms with Crippen molar-refractivity contribution < 1.29 is 22.6 Å². The highest BCUT2D eigenvalue weighted by atomic mass is 32.2. The largest absolute Gasteiger partial charge is 0.467 e. The van der Waals surface area contributed by atoms with E-state index in [-0.39, 0.29) is 21.8 Å². The lowest BCUT2D eigenvalue weighted by Crippen LogP contribution is -2.34. The molecule has 10 nitrogen and oxygen atoms in total. The van der Waals surface area contributed by atoms with Crippen LogP contribution in [-0.2, 0) is 10.0 Å². The fourth-order valence-electron chi connectivity index (χ4n) is 3.49. The van der Waals surface area contributed by atoms with Gasteiger partial charge in [-0.3, -0.25) is 24.5 Å². The number of amides is 1. The molecule has 0 saturated carbocycles.